The molecule has 1 unspecified atom stereocenters. The second-order valence-electron chi connectivity index (χ2n) is 5.93. The second-order valence-corrected chi connectivity index (χ2v) is 5.93. The summed E-state index contributed by atoms with van der Waals surface area (Å²) in [6, 6.07) is 4.92. The van der Waals surface area contributed by atoms with Crippen LogP contribution in [-0.4, -0.2) is 27.8 Å². The molecule has 0 amide bonds. The van der Waals surface area contributed by atoms with Crippen molar-refractivity contribution < 1.29 is 14.4 Å². The van der Waals surface area contributed by atoms with Crippen LogP contribution in [0.4, 0.5) is 0 Å². The Hall–Kier alpha value is -1.22. The fraction of sp³-hybridized carbons (Fsp3) is 0.625. The Morgan fingerprint density at radius 1 is 1.21 bits per heavy atom. The van der Waals surface area contributed by atoms with Crippen molar-refractivity contribution in [1.29, 1.82) is 0 Å². The summed E-state index contributed by atoms with van der Waals surface area (Å²) in [4.78, 5) is 1.61. The van der Waals surface area contributed by atoms with Gasteiger partial charge in [-0.05, 0) is 23.6 Å². The normalized spacial score (nSPS) is 22.2. The molecule has 3 nitrogen and oxygen atoms in total. The van der Waals surface area contributed by atoms with E-state index in [9.17, 15) is 0 Å². The first-order valence-corrected chi connectivity index (χ1v) is 7.14. The van der Waals surface area contributed by atoms with Crippen molar-refractivity contribution in [2.75, 3.05) is 27.8 Å². The molecule has 0 radical (unpaired) electrons. The van der Waals surface area contributed by atoms with Crippen molar-refractivity contribution >= 4 is 0 Å². The second kappa shape index (κ2) is 5.83. The highest BCUT2D eigenvalue weighted by Gasteiger charge is 2.30. The number of hydrogen-bond donors (Lipinski definition) is 1. The third-order valence-electron chi connectivity index (χ3n) is 4.11. The van der Waals surface area contributed by atoms with Crippen LogP contribution in [0.1, 0.15) is 37.4 Å². The number of hydrogen-bond acceptors (Lipinski definition) is 2. The minimum atomic E-state index is 0.573. The number of benzene rings is 1. The molecule has 2 rings (SSSR count). The van der Waals surface area contributed by atoms with Gasteiger partial charge in [-0.3, -0.25) is 0 Å². The highest BCUT2D eigenvalue weighted by atomic mass is 16.5. The molecule has 0 aromatic heterocycles. The minimum Gasteiger partial charge on any atom is -0.493 e. The van der Waals surface area contributed by atoms with Gasteiger partial charge in [-0.2, -0.15) is 0 Å². The lowest BCUT2D eigenvalue weighted by atomic mass is 9.87. The molecule has 0 aliphatic carbocycles. The lowest BCUT2D eigenvalue weighted by Gasteiger charge is -2.33. The van der Waals surface area contributed by atoms with Gasteiger partial charge in [-0.1, -0.05) is 13.8 Å². The largest absolute Gasteiger partial charge is 0.493 e. The van der Waals surface area contributed by atoms with Crippen LogP contribution in [0.15, 0.2) is 12.1 Å². The van der Waals surface area contributed by atoms with Gasteiger partial charge in [0.2, 0.25) is 0 Å². The van der Waals surface area contributed by atoms with Gasteiger partial charge in [0.25, 0.3) is 0 Å². The summed E-state index contributed by atoms with van der Waals surface area (Å²) in [6.07, 6.45) is 2.34. The van der Waals surface area contributed by atoms with Crippen molar-refractivity contribution in [3.8, 4) is 11.5 Å². The first kappa shape index (κ1) is 14.2. The number of rotatable bonds is 4. The van der Waals surface area contributed by atoms with Gasteiger partial charge < -0.3 is 14.4 Å². The highest BCUT2D eigenvalue weighted by Crippen LogP contribution is 2.35. The van der Waals surface area contributed by atoms with Gasteiger partial charge in [0, 0.05) is 18.4 Å². The number of likely N-dealkylation sites (N-methyl/N-ethyl adjacent to an activating group) is 1. The molecule has 106 valence electrons. The Labute approximate surface area is 116 Å². The maximum atomic E-state index is 5.46. The Morgan fingerprint density at radius 3 is 2.42 bits per heavy atom. The van der Waals surface area contributed by atoms with E-state index in [1.807, 2.05) is 0 Å². The SMILES string of the molecule is COc1cc2c(cc1OC)[C@@H](CC(C)C)[NH+](C)CC2. The summed E-state index contributed by atoms with van der Waals surface area (Å²) in [5.74, 6) is 2.41. The average molecular weight is 264 g/mol. The number of ether oxygens (including phenoxy) is 2. The summed E-state index contributed by atoms with van der Waals surface area (Å²) in [5, 5.41) is 0. The van der Waals surface area contributed by atoms with E-state index in [0.717, 1.165) is 17.9 Å². The van der Waals surface area contributed by atoms with E-state index in [4.69, 9.17) is 9.47 Å². The molecular weight excluding hydrogens is 238 g/mol. The molecule has 3 heteroatoms. The lowest BCUT2D eigenvalue weighted by Crippen LogP contribution is -3.10. The van der Waals surface area contributed by atoms with Crippen molar-refractivity contribution in [1.82, 2.24) is 0 Å². The molecule has 1 heterocycles. The number of fused-ring (bicyclic) bond motifs is 1. The first-order valence-electron chi connectivity index (χ1n) is 7.14. The van der Waals surface area contributed by atoms with E-state index < -0.39 is 0 Å². The molecule has 0 saturated carbocycles. The van der Waals surface area contributed by atoms with Crippen LogP contribution in [0.2, 0.25) is 0 Å². The summed E-state index contributed by atoms with van der Waals surface area (Å²) in [6.45, 7) is 5.78. The number of methoxy groups -OCH3 is 2. The highest BCUT2D eigenvalue weighted by molar-refractivity contribution is 5.48. The van der Waals surface area contributed by atoms with E-state index in [1.54, 1.807) is 19.1 Å². The molecule has 0 spiro atoms. The first-order chi connectivity index (χ1) is 9.06. The topological polar surface area (TPSA) is 22.9 Å². The Bertz CT molecular complexity index is 443. The van der Waals surface area contributed by atoms with Crippen molar-refractivity contribution in [3.63, 3.8) is 0 Å². The molecule has 1 aromatic rings. The van der Waals surface area contributed by atoms with Crippen LogP contribution in [0, 0.1) is 5.92 Å². The Morgan fingerprint density at radius 2 is 1.84 bits per heavy atom. The van der Waals surface area contributed by atoms with Crippen LogP contribution < -0.4 is 14.4 Å². The lowest BCUT2D eigenvalue weighted by molar-refractivity contribution is -0.915. The van der Waals surface area contributed by atoms with E-state index in [0.29, 0.717) is 12.0 Å². The van der Waals surface area contributed by atoms with Crippen molar-refractivity contribution in [3.05, 3.63) is 23.3 Å². The van der Waals surface area contributed by atoms with Crippen LogP contribution in [-0.2, 0) is 6.42 Å². The molecule has 1 N–H and O–H groups in total. The fourth-order valence-corrected chi connectivity index (χ4v) is 3.05. The summed E-state index contributed by atoms with van der Waals surface area (Å²) in [5.41, 5.74) is 2.86. The molecule has 19 heavy (non-hydrogen) atoms. The molecule has 1 aromatic carbocycles. The van der Waals surface area contributed by atoms with Crippen molar-refractivity contribution in [2.45, 2.75) is 32.7 Å². The number of quaternary nitrogens is 1. The Balaban J connectivity index is 2.42. The summed E-state index contributed by atoms with van der Waals surface area (Å²) >= 11 is 0. The van der Waals surface area contributed by atoms with Crippen LogP contribution in [0.3, 0.4) is 0 Å². The quantitative estimate of drug-likeness (QED) is 0.897. The van der Waals surface area contributed by atoms with E-state index in [-0.39, 0.29) is 0 Å². The average Bonchev–Trinajstić information content (AvgIpc) is 2.40. The summed E-state index contributed by atoms with van der Waals surface area (Å²) < 4.78 is 10.9. The monoisotopic (exact) mass is 264 g/mol. The third-order valence-corrected chi connectivity index (χ3v) is 4.11. The maximum Gasteiger partial charge on any atom is 0.161 e. The zero-order chi connectivity index (χ0) is 14.0. The van der Waals surface area contributed by atoms with Gasteiger partial charge >= 0.3 is 0 Å². The molecule has 0 bridgehead atoms. The van der Waals surface area contributed by atoms with E-state index >= 15 is 0 Å². The molecule has 0 fully saturated rings. The summed E-state index contributed by atoms with van der Waals surface area (Å²) in [7, 11) is 5.71. The van der Waals surface area contributed by atoms with Gasteiger partial charge in [-0.25, -0.2) is 0 Å². The minimum absolute atomic E-state index is 0.573. The smallest absolute Gasteiger partial charge is 0.161 e. The third kappa shape index (κ3) is 2.86. The predicted octanol–water partition coefficient (Wildman–Crippen LogP) is 1.86. The fourth-order valence-electron chi connectivity index (χ4n) is 3.05. The van der Waals surface area contributed by atoms with Crippen LogP contribution in [0.5, 0.6) is 11.5 Å². The molecule has 0 saturated heterocycles. The zero-order valence-corrected chi connectivity index (χ0v) is 12.7. The maximum absolute atomic E-state index is 5.46. The molecular formula is C16H26NO2+. The van der Waals surface area contributed by atoms with E-state index in [1.165, 1.54) is 24.1 Å². The molecule has 1 aliphatic heterocycles. The van der Waals surface area contributed by atoms with Gasteiger partial charge in [0.05, 0.1) is 27.8 Å². The molecule has 2 atom stereocenters. The van der Waals surface area contributed by atoms with Gasteiger partial charge in [0.1, 0.15) is 6.04 Å². The Kier molecular flexibility index (Phi) is 4.35. The predicted molar refractivity (Wildman–Crippen MR) is 77.2 cm³/mol. The van der Waals surface area contributed by atoms with Gasteiger partial charge in [0.15, 0.2) is 11.5 Å². The van der Waals surface area contributed by atoms with Crippen molar-refractivity contribution in [2.24, 2.45) is 5.92 Å². The van der Waals surface area contributed by atoms with E-state index in [2.05, 4.69) is 33.0 Å². The zero-order valence-electron chi connectivity index (χ0n) is 12.7. The van der Waals surface area contributed by atoms with Gasteiger partial charge in [-0.15, -0.1) is 0 Å². The van der Waals surface area contributed by atoms with Crippen LogP contribution in [0.25, 0.3) is 0 Å². The van der Waals surface area contributed by atoms with Crippen LogP contribution >= 0.6 is 0 Å². The standard InChI is InChI=1S/C16H25NO2/c1-11(2)8-14-13-10-16(19-5)15(18-4)9-12(13)6-7-17(14)3/h9-11,14H,6-8H2,1-5H3/p+1/t14-/m1/s1. The molecule has 1 aliphatic rings. The number of nitrogens with one attached hydrogen (secondary N) is 1.